The zero-order valence-electron chi connectivity index (χ0n) is 21.2. The van der Waals surface area contributed by atoms with Gasteiger partial charge in [0.05, 0.1) is 35.9 Å². The zero-order valence-corrected chi connectivity index (χ0v) is 21.2. The number of nitrogens with one attached hydrogen (secondary N) is 3. The van der Waals surface area contributed by atoms with Crippen LogP contribution < -0.4 is 20.4 Å². The van der Waals surface area contributed by atoms with E-state index in [0.29, 0.717) is 10.9 Å². The average molecular weight is 548 g/mol. The molecule has 0 aliphatic carbocycles. The first-order chi connectivity index (χ1) is 19.1. The number of hydrogen-bond acceptors (Lipinski definition) is 7. The normalized spacial score (nSPS) is 15.5. The van der Waals surface area contributed by atoms with Gasteiger partial charge in [0.1, 0.15) is 18.9 Å². The molecular formula is C27H25N5O8. The van der Waals surface area contributed by atoms with E-state index in [1.165, 1.54) is 24.1 Å². The minimum atomic E-state index is -1.42. The lowest BCUT2D eigenvalue weighted by Crippen LogP contribution is -2.55. The number of aromatic amines is 1. The molecule has 1 aromatic heterocycles. The number of aromatic nitrogens is 1. The van der Waals surface area contributed by atoms with Gasteiger partial charge in [-0.1, -0.05) is 30.3 Å². The molecule has 2 unspecified atom stereocenters. The number of carboxylic acids is 1. The van der Waals surface area contributed by atoms with Crippen molar-refractivity contribution in [2.24, 2.45) is 0 Å². The molecule has 0 saturated heterocycles. The fraction of sp³-hybridized carbons (Fsp3) is 0.222. The number of benzene rings is 2. The summed E-state index contributed by atoms with van der Waals surface area (Å²) in [6, 6.07) is 10.3. The van der Waals surface area contributed by atoms with Crippen LogP contribution in [0.2, 0.25) is 0 Å². The molecule has 0 bridgehead atoms. The number of amides is 4. The monoisotopic (exact) mass is 547 g/mol. The molecule has 4 N–H and O–H groups in total. The molecule has 13 nitrogen and oxygen atoms in total. The third-order valence-electron chi connectivity index (χ3n) is 6.33. The van der Waals surface area contributed by atoms with Crippen LogP contribution in [0.15, 0.2) is 54.7 Å². The van der Waals surface area contributed by atoms with Crippen molar-refractivity contribution in [2.45, 2.75) is 25.4 Å². The van der Waals surface area contributed by atoms with Crippen LogP contribution in [0, 0.1) is 0 Å². The van der Waals surface area contributed by atoms with Gasteiger partial charge in [-0.15, -0.1) is 0 Å². The first kappa shape index (κ1) is 27.7. The van der Waals surface area contributed by atoms with E-state index in [0.717, 1.165) is 4.90 Å². The number of para-hydroxylation sites is 3. The SMILES string of the molecule is CC(=O)N1CC(NC(=O)C(=O)c2c[nH]c3ccccc23)C(=O)N(CC(=O)NC(C=O)CC(=O)O)c2ccccc21. The largest absolute Gasteiger partial charge is 0.481 e. The number of aliphatic carboxylic acids is 1. The van der Waals surface area contributed by atoms with Crippen LogP contribution in [0.3, 0.4) is 0 Å². The maximum absolute atomic E-state index is 13.7. The first-order valence-electron chi connectivity index (χ1n) is 12.2. The Balaban J connectivity index is 1.63. The molecule has 0 radical (unpaired) electrons. The van der Waals surface area contributed by atoms with Crippen molar-refractivity contribution in [3.63, 3.8) is 0 Å². The molecular weight excluding hydrogens is 522 g/mol. The zero-order chi connectivity index (χ0) is 29.0. The number of fused-ring (bicyclic) bond motifs is 2. The van der Waals surface area contributed by atoms with Crippen LogP contribution in [0.5, 0.6) is 0 Å². The molecule has 1 aliphatic rings. The Hall–Kier alpha value is -5.33. The van der Waals surface area contributed by atoms with E-state index in [2.05, 4.69) is 15.6 Å². The maximum atomic E-state index is 13.7. The molecule has 2 heterocycles. The van der Waals surface area contributed by atoms with Crippen molar-refractivity contribution in [1.29, 1.82) is 0 Å². The highest BCUT2D eigenvalue weighted by Crippen LogP contribution is 2.33. The highest BCUT2D eigenvalue weighted by molar-refractivity contribution is 6.45. The summed E-state index contributed by atoms with van der Waals surface area (Å²) in [5.41, 5.74) is 1.17. The molecule has 13 heteroatoms. The van der Waals surface area contributed by atoms with Crippen molar-refractivity contribution in [3.05, 3.63) is 60.3 Å². The van der Waals surface area contributed by atoms with Crippen molar-refractivity contribution in [1.82, 2.24) is 15.6 Å². The van der Waals surface area contributed by atoms with E-state index in [1.54, 1.807) is 42.5 Å². The lowest BCUT2D eigenvalue weighted by atomic mass is 10.1. The van der Waals surface area contributed by atoms with E-state index >= 15 is 0 Å². The molecule has 3 aromatic rings. The fourth-order valence-electron chi connectivity index (χ4n) is 4.48. The highest BCUT2D eigenvalue weighted by Gasteiger charge is 2.38. The van der Waals surface area contributed by atoms with Gasteiger partial charge in [-0.05, 0) is 18.2 Å². The third kappa shape index (κ3) is 5.72. The second kappa shape index (κ2) is 11.6. The number of anilines is 2. The fourth-order valence-corrected chi connectivity index (χ4v) is 4.48. The summed E-state index contributed by atoms with van der Waals surface area (Å²) in [7, 11) is 0. The van der Waals surface area contributed by atoms with Crippen LogP contribution in [0.1, 0.15) is 23.7 Å². The Morgan fingerprint density at radius 1 is 1.07 bits per heavy atom. The number of carboxylic acid groups (broad SMARTS) is 1. The number of aldehydes is 1. The smallest absolute Gasteiger partial charge is 0.305 e. The van der Waals surface area contributed by atoms with Gasteiger partial charge in [0, 0.05) is 24.0 Å². The van der Waals surface area contributed by atoms with Crippen LogP contribution in [0.25, 0.3) is 10.9 Å². The van der Waals surface area contributed by atoms with Crippen molar-refractivity contribution < 1.29 is 38.7 Å². The van der Waals surface area contributed by atoms with Gasteiger partial charge in [0.2, 0.25) is 11.8 Å². The summed E-state index contributed by atoms with van der Waals surface area (Å²) in [6.45, 7) is 0.278. The van der Waals surface area contributed by atoms with Crippen LogP contribution in [-0.4, -0.2) is 76.9 Å². The Morgan fingerprint density at radius 2 is 1.75 bits per heavy atom. The molecule has 4 rings (SSSR count). The van der Waals surface area contributed by atoms with Crippen LogP contribution in [-0.2, 0) is 28.8 Å². The minimum Gasteiger partial charge on any atom is -0.481 e. The number of Topliss-reactive ketones (excluding diaryl/α,β-unsaturated/α-hetero) is 1. The first-order valence-corrected chi connectivity index (χ1v) is 12.2. The van der Waals surface area contributed by atoms with E-state index in [-0.39, 0.29) is 29.8 Å². The Morgan fingerprint density at radius 3 is 2.42 bits per heavy atom. The van der Waals surface area contributed by atoms with Crippen molar-refractivity contribution >= 4 is 63.9 Å². The molecule has 2 aromatic carbocycles. The van der Waals surface area contributed by atoms with Crippen LogP contribution >= 0.6 is 0 Å². The molecule has 0 spiro atoms. The number of carbonyl (C=O) groups excluding carboxylic acids is 6. The van der Waals surface area contributed by atoms with Crippen LogP contribution in [0.4, 0.5) is 11.4 Å². The number of hydrogen-bond donors (Lipinski definition) is 4. The van der Waals surface area contributed by atoms with E-state index in [1.807, 2.05) is 0 Å². The summed E-state index contributed by atoms with van der Waals surface area (Å²) >= 11 is 0. The third-order valence-corrected chi connectivity index (χ3v) is 6.33. The van der Waals surface area contributed by atoms with Gasteiger partial charge >= 0.3 is 5.97 Å². The number of ketones is 1. The van der Waals surface area contributed by atoms with Gasteiger partial charge in [-0.3, -0.25) is 33.7 Å². The van der Waals surface area contributed by atoms with Gasteiger partial charge in [-0.25, -0.2) is 0 Å². The summed E-state index contributed by atoms with van der Waals surface area (Å²) in [5, 5.41) is 14.1. The molecule has 2 atom stereocenters. The van der Waals surface area contributed by atoms with Crippen molar-refractivity contribution in [2.75, 3.05) is 22.9 Å². The Kier molecular flexibility index (Phi) is 8.03. The summed E-state index contributed by atoms with van der Waals surface area (Å²) in [6.07, 6.45) is 0.990. The molecule has 0 fully saturated rings. The standard InChI is InChI=1S/C27H25N5O8/c1-15(34)31-12-20(30-26(39)25(38)18-11-28-19-7-3-2-6-17(18)19)27(40)32(22-9-5-4-8-21(22)31)13-23(35)29-16(14-33)10-24(36)37/h2-9,11,14,16,20,28H,10,12-13H2,1H3,(H,29,35)(H,30,39)(H,36,37). The summed E-state index contributed by atoms with van der Waals surface area (Å²) in [5.74, 6) is -5.42. The molecule has 40 heavy (non-hydrogen) atoms. The van der Waals surface area contributed by atoms with Gasteiger partial charge < -0.3 is 30.4 Å². The lowest BCUT2D eigenvalue weighted by Gasteiger charge is -2.25. The maximum Gasteiger partial charge on any atom is 0.305 e. The molecule has 4 amide bonds. The predicted molar refractivity (Wildman–Crippen MR) is 142 cm³/mol. The Labute approximate surface area is 227 Å². The number of H-pyrrole nitrogens is 1. The molecule has 0 saturated carbocycles. The van der Waals surface area contributed by atoms with E-state index in [9.17, 15) is 33.6 Å². The predicted octanol–water partition coefficient (Wildman–Crippen LogP) is 0.394. The minimum absolute atomic E-state index is 0.0930. The molecule has 206 valence electrons. The quantitative estimate of drug-likeness (QED) is 0.168. The summed E-state index contributed by atoms with van der Waals surface area (Å²) in [4.78, 5) is 92.5. The topological polar surface area (TPSA) is 186 Å². The van der Waals surface area contributed by atoms with E-state index in [4.69, 9.17) is 5.11 Å². The average Bonchev–Trinajstić information content (AvgIpc) is 3.32. The lowest BCUT2D eigenvalue weighted by molar-refractivity contribution is -0.139. The number of nitrogens with zero attached hydrogens (tertiary/aromatic N) is 2. The van der Waals surface area contributed by atoms with E-state index < -0.39 is 60.4 Å². The molecule has 1 aliphatic heterocycles. The second-order valence-corrected chi connectivity index (χ2v) is 9.05. The second-order valence-electron chi connectivity index (χ2n) is 9.05. The van der Waals surface area contributed by atoms with Gasteiger partial charge in [0.25, 0.3) is 17.6 Å². The van der Waals surface area contributed by atoms with Gasteiger partial charge in [-0.2, -0.15) is 0 Å². The number of rotatable bonds is 9. The van der Waals surface area contributed by atoms with Gasteiger partial charge in [0.15, 0.2) is 0 Å². The summed E-state index contributed by atoms with van der Waals surface area (Å²) < 4.78 is 0. The number of carbonyl (C=O) groups is 7. The highest BCUT2D eigenvalue weighted by atomic mass is 16.4. The van der Waals surface area contributed by atoms with Crippen molar-refractivity contribution in [3.8, 4) is 0 Å². The Bertz CT molecular complexity index is 1530.